The Morgan fingerprint density at radius 3 is 1.61 bits per heavy atom. The third kappa shape index (κ3) is 3.61. The summed E-state index contributed by atoms with van der Waals surface area (Å²) in [5, 5.41) is 11.0. The molecular formula is C21H17BrO. The molecule has 0 aromatic heterocycles. The normalized spacial score (nSPS) is 13.3. The smallest absolute Gasteiger partial charge is 0.106 e. The number of rotatable bonds is 4. The zero-order valence-electron chi connectivity index (χ0n) is 12.6. The topological polar surface area (TPSA) is 20.2 Å². The summed E-state index contributed by atoms with van der Waals surface area (Å²) in [5.41, 5.74) is 3.78. The van der Waals surface area contributed by atoms with Gasteiger partial charge in [0, 0.05) is 10.1 Å². The minimum absolute atomic E-state index is 0.701. The molecule has 0 heterocycles. The van der Waals surface area contributed by atoms with E-state index in [-0.39, 0.29) is 0 Å². The van der Waals surface area contributed by atoms with Gasteiger partial charge in [0.25, 0.3) is 0 Å². The van der Waals surface area contributed by atoms with Crippen LogP contribution in [0.5, 0.6) is 0 Å². The van der Waals surface area contributed by atoms with Crippen LogP contribution in [0.15, 0.2) is 91.0 Å². The van der Waals surface area contributed by atoms with Crippen LogP contribution in [-0.2, 0) is 0 Å². The molecule has 114 valence electrons. The van der Waals surface area contributed by atoms with Gasteiger partial charge >= 0.3 is 0 Å². The van der Waals surface area contributed by atoms with Crippen molar-refractivity contribution in [2.75, 3.05) is 0 Å². The molecule has 0 radical (unpaired) electrons. The molecule has 3 aromatic carbocycles. The Balaban J connectivity index is 2.15. The van der Waals surface area contributed by atoms with Gasteiger partial charge in [0.2, 0.25) is 0 Å². The fourth-order valence-electron chi connectivity index (χ4n) is 2.56. The van der Waals surface area contributed by atoms with Crippen LogP contribution < -0.4 is 0 Å². The molecule has 0 fully saturated rings. The van der Waals surface area contributed by atoms with Gasteiger partial charge in [0.15, 0.2) is 0 Å². The van der Waals surface area contributed by atoms with Gasteiger partial charge in [-0.25, -0.2) is 0 Å². The van der Waals surface area contributed by atoms with Crippen LogP contribution in [0.25, 0.3) is 10.1 Å². The molecule has 2 heteroatoms. The predicted octanol–water partition coefficient (Wildman–Crippen LogP) is 5.68. The third-order valence-corrected chi connectivity index (χ3v) is 4.62. The van der Waals surface area contributed by atoms with Gasteiger partial charge in [0.05, 0.1) is 0 Å². The van der Waals surface area contributed by atoms with Crippen molar-refractivity contribution >= 4 is 26.0 Å². The van der Waals surface area contributed by atoms with Gasteiger partial charge in [-0.05, 0) is 32.6 Å². The summed E-state index contributed by atoms with van der Waals surface area (Å²) >= 11 is 3.71. The van der Waals surface area contributed by atoms with E-state index >= 15 is 0 Å². The number of hydrogen-bond acceptors (Lipinski definition) is 1. The molecule has 23 heavy (non-hydrogen) atoms. The van der Waals surface area contributed by atoms with Crippen LogP contribution in [0.4, 0.5) is 0 Å². The van der Waals surface area contributed by atoms with Crippen molar-refractivity contribution in [1.82, 2.24) is 0 Å². The minimum atomic E-state index is -0.701. The second-order valence-electron chi connectivity index (χ2n) is 5.27. The summed E-state index contributed by atoms with van der Waals surface area (Å²) in [5.74, 6) is 0. The van der Waals surface area contributed by atoms with Gasteiger partial charge < -0.3 is 5.11 Å². The predicted molar refractivity (Wildman–Crippen MR) is 100 cm³/mol. The van der Waals surface area contributed by atoms with E-state index in [2.05, 4.69) is 15.9 Å². The number of hydrogen-bond donors (Lipinski definition) is 1. The monoisotopic (exact) mass is 364 g/mol. The van der Waals surface area contributed by atoms with Crippen molar-refractivity contribution in [2.45, 2.75) is 6.10 Å². The summed E-state index contributed by atoms with van der Waals surface area (Å²) in [6.07, 6.45) is -0.701. The quantitative estimate of drug-likeness (QED) is 0.590. The summed E-state index contributed by atoms with van der Waals surface area (Å²) in [4.78, 5) is 0. The van der Waals surface area contributed by atoms with Gasteiger partial charge in [-0.15, -0.1) is 0 Å². The Bertz CT molecular complexity index is 780. The number of aliphatic hydroxyl groups excluding tert-OH is 1. The van der Waals surface area contributed by atoms with E-state index in [1.807, 2.05) is 91.0 Å². The van der Waals surface area contributed by atoms with Crippen molar-refractivity contribution < 1.29 is 5.11 Å². The average molecular weight is 365 g/mol. The maximum atomic E-state index is 11.0. The molecule has 0 aliphatic rings. The highest BCUT2D eigenvalue weighted by Gasteiger charge is 2.19. The van der Waals surface area contributed by atoms with Crippen LogP contribution in [0.2, 0.25) is 0 Å². The Labute approximate surface area is 145 Å². The Morgan fingerprint density at radius 1 is 0.652 bits per heavy atom. The van der Waals surface area contributed by atoms with Crippen LogP contribution in [0.1, 0.15) is 22.8 Å². The first-order valence-corrected chi connectivity index (χ1v) is 8.30. The van der Waals surface area contributed by atoms with Gasteiger partial charge in [-0.2, -0.15) is 0 Å². The molecule has 0 saturated carbocycles. The maximum absolute atomic E-state index is 11.0. The SMILES string of the molecule is OC(/C(=C(/Br)c1ccccc1)c1ccccc1)c1ccccc1. The molecule has 0 aliphatic heterocycles. The van der Waals surface area contributed by atoms with Gasteiger partial charge in [0.1, 0.15) is 6.10 Å². The number of aliphatic hydroxyl groups is 1. The first kappa shape index (κ1) is 15.7. The Morgan fingerprint density at radius 2 is 1.09 bits per heavy atom. The molecule has 3 aromatic rings. The molecule has 0 bridgehead atoms. The molecule has 0 amide bonds. The van der Waals surface area contributed by atoms with E-state index in [1.54, 1.807) is 0 Å². The van der Waals surface area contributed by atoms with Crippen molar-refractivity contribution in [1.29, 1.82) is 0 Å². The van der Waals surface area contributed by atoms with E-state index in [1.165, 1.54) is 0 Å². The number of benzene rings is 3. The standard InChI is InChI=1S/C21H17BrO/c22-20(17-12-6-2-7-13-17)19(16-10-4-1-5-11-16)21(23)18-14-8-3-9-15-18/h1-15,21,23H/b20-19+. The highest BCUT2D eigenvalue weighted by Crippen LogP contribution is 2.39. The van der Waals surface area contributed by atoms with E-state index in [0.29, 0.717) is 0 Å². The first-order chi connectivity index (χ1) is 11.3. The fraction of sp³-hybridized carbons (Fsp3) is 0.0476. The molecule has 0 saturated heterocycles. The molecule has 1 nitrogen and oxygen atoms in total. The lowest BCUT2D eigenvalue weighted by molar-refractivity contribution is 0.239. The van der Waals surface area contributed by atoms with E-state index in [4.69, 9.17) is 0 Å². The lowest BCUT2D eigenvalue weighted by atomic mass is 9.93. The van der Waals surface area contributed by atoms with Crippen molar-refractivity contribution in [3.63, 3.8) is 0 Å². The molecule has 1 N–H and O–H groups in total. The molecular weight excluding hydrogens is 348 g/mol. The second-order valence-corrected chi connectivity index (χ2v) is 6.07. The third-order valence-electron chi connectivity index (χ3n) is 3.74. The summed E-state index contributed by atoms with van der Waals surface area (Å²) < 4.78 is 0.903. The molecule has 0 aliphatic carbocycles. The Hall–Kier alpha value is -2.16. The largest absolute Gasteiger partial charge is 0.384 e. The van der Waals surface area contributed by atoms with Crippen molar-refractivity contribution in [3.05, 3.63) is 108 Å². The summed E-state index contributed by atoms with van der Waals surface area (Å²) in [6, 6.07) is 29.7. The lowest BCUT2D eigenvalue weighted by Gasteiger charge is -2.19. The zero-order chi connectivity index (χ0) is 16.1. The van der Waals surface area contributed by atoms with E-state index in [0.717, 1.165) is 26.7 Å². The number of halogens is 1. The summed E-state index contributed by atoms with van der Waals surface area (Å²) in [7, 11) is 0. The van der Waals surface area contributed by atoms with E-state index in [9.17, 15) is 5.11 Å². The van der Waals surface area contributed by atoms with E-state index < -0.39 is 6.10 Å². The molecule has 3 rings (SSSR count). The average Bonchev–Trinajstić information content (AvgIpc) is 2.64. The highest BCUT2D eigenvalue weighted by molar-refractivity contribution is 9.15. The summed E-state index contributed by atoms with van der Waals surface area (Å²) in [6.45, 7) is 0. The molecule has 1 atom stereocenters. The van der Waals surface area contributed by atoms with Crippen LogP contribution in [0, 0.1) is 0 Å². The van der Waals surface area contributed by atoms with Gasteiger partial charge in [-0.3, -0.25) is 0 Å². The fourth-order valence-corrected chi connectivity index (χ4v) is 3.27. The second kappa shape index (κ2) is 7.40. The lowest BCUT2D eigenvalue weighted by Crippen LogP contribution is -2.02. The minimum Gasteiger partial charge on any atom is -0.384 e. The van der Waals surface area contributed by atoms with Crippen molar-refractivity contribution in [2.24, 2.45) is 0 Å². The molecule has 0 spiro atoms. The van der Waals surface area contributed by atoms with Crippen LogP contribution >= 0.6 is 15.9 Å². The molecule has 1 unspecified atom stereocenters. The first-order valence-electron chi connectivity index (χ1n) is 7.51. The van der Waals surface area contributed by atoms with Crippen molar-refractivity contribution in [3.8, 4) is 0 Å². The van der Waals surface area contributed by atoms with Crippen LogP contribution in [0.3, 0.4) is 0 Å². The highest BCUT2D eigenvalue weighted by atomic mass is 79.9. The van der Waals surface area contributed by atoms with Crippen LogP contribution in [-0.4, -0.2) is 5.11 Å². The Kier molecular flexibility index (Phi) is 5.06. The van der Waals surface area contributed by atoms with Gasteiger partial charge in [-0.1, -0.05) is 91.0 Å². The zero-order valence-corrected chi connectivity index (χ0v) is 14.1. The maximum Gasteiger partial charge on any atom is 0.106 e.